The van der Waals surface area contributed by atoms with Gasteiger partial charge in [0.05, 0.1) is 12.1 Å². The van der Waals surface area contributed by atoms with E-state index in [1.807, 2.05) is 24.4 Å². The molecule has 1 fully saturated rings. The predicted molar refractivity (Wildman–Crippen MR) is 85.6 cm³/mol. The molecule has 6 nitrogen and oxygen atoms in total. The summed E-state index contributed by atoms with van der Waals surface area (Å²) in [5.41, 5.74) is 1.01. The van der Waals surface area contributed by atoms with Gasteiger partial charge in [0.1, 0.15) is 18.0 Å². The molecule has 0 spiro atoms. The molecule has 3 heterocycles. The van der Waals surface area contributed by atoms with Gasteiger partial charge in [-0.2, -0.15) is 0 Å². The van der Waals surface area contributed by atoms with Gasteiger partial charge in [0.25, 0.3) is 0 Å². The van der Waals surface area contributed by atoms with E-state index in [1.54, 1.807) is 12.5 Å². The number of aromatic amines is 1. The van der Waals surface area contributed by atoms with Crippen molar-refractivity contribution in [3.8, 4) is 0 Å². The van der Waals surface area contributed by atoms with Crippen molar-refractivity contribution in [1.29, 1.82) is 0 Å². The minimum Gasteiger partial charge on any atom is -0.353 e. The molecule has 1 N–H and O–H groups in total. The maximum absolute atomic E-state index is 4.51. The molecule has 0 atom stereocenters. The first-order chi connectivity index (χ1) is 10.9. The molecule has 1 aliphatic heterocycles. The third-order valence-electron chi connectivity index (χ3n) is 4.12. The largest absolute Gasteiger partial charge is 0.353 e. The highest BCUT2D eigenvalue weighted by molar-refractivity contribution is 5.89. The Bertz CT molecular complexity index is 741. The van der Waals surface area contributed by atoms with E-state index in [-0.39, 0.29) is 0 Å². The first-order valence-electron chi connectivity index (χ1n) is 7.55. The quantitative estimate of drug-likeness (QED) is 0.796. The molecule has 22 heavy (non-hydrogen) atoms. The topological polar surface area (TPSA) is 60.9 Å². The smallest absolute Gasteiger partial charge is 0.139 e. The molecule has 0 unspecified atom stereocenters. The van der Waals surface area contributed by atoms with Crippen LogP contribution in [0.1, 0.15) is 5.82 Å². The molecule has 6 heteroatoms. The number of H-pyrrole nitrogens is 1. The van der Waals surface area contributed by atoms with Gasteiger partial charge in [0.15, 0.2) is 0 Å². The molecular weight excluding hydrogens is 276 g/mol. The van der Waals surface area contributed by atoms with E-state index in [0.29, 0.717) is 0 Å². The average molecular weight is 294 g/mol. The van der Waals surface area contributed by atoms with Crippen LogP contribution >= 0.6 is 0 Å². The Labute approximate surface area is 128 Å². The number of para-hydroxylation sites is 1. The molecule has 112 valence electrons. The molecule has 1 aromatic carbocycles. The maximum atomic E-state index is 4.51. The highest BCUT2D eigenvalue weighted by atomic mass is 15.3. The zero-order chi connectivity index (χ0) is 14.8. The van der Waals surface area contributed by atoms with Crippen LogP contribution in [0.5, 0.6) is 0 Å². The third-order valence-corrected chi connectivity index (χ3v) is 4.12. The van der Waals surface area contributed by atoms with Gasteiger partial charge in [-0.25, -0.2) is 15.0 Å². The molecule has 0 bridgehead atoms. The molecule has 0 saturated carbocycles. The van der Waals surface area contributed by atoms with E-state index in [0.717, 1.165) is 55.3 Å². The van der Waals surface area contributed by atoms with Crippen molar-refractivity contribution in [2.24, 2.45) is 0 Å². The molecule has 0 amide bonds. The third kappa shape index (κ3) is 2.53. The van der Waals surface area contributed by atoms with Crippen LogP contribution in [0, 0.1) is 0 Å². The molecule has 3 aromatic rings. The molecule has 4 rings (SSSR count). The number of rotatable bonds is 3. The Morgan fingerprint density at radius 2 is 1.86 bits per heavy atom. The second-order valence-corrected chi connectivity index (χ2v) is 5.51. The summed E-state index contributed by atoms with van der Waals surface area (Å²) in [6.07, 6.45) is 5.34. The summed E-state index contributed by atoms with van der Waals surface area (Å²) >= 11 is 0. The van der Waals surface area contributed by atoms with Gasteiger partial charge in [-0.3, -0.25) is 4.90 Å². The summed E-state index contributed by atoms with van der Waals surface area (Å²) in [5.74, 6) is 2.07. The van der Waals surface area contributed by atoms with Gasteiger partial charge < -0.3 is 9.88 Å². The standard InChI is InChI=1S/C16H18N6/c1-2-4-14-13(3-1)16(20-12-19-14)22-9-7-21(8-10-22)11-15-17-5-6-18-15/h1-6,12H,7-11H2,(H,17,18). The summed E-state index contributed by atoms with van der Waals surface area (Å²) in [5, 5.41) is 1.13. The number of piperazine rings is 1. The summed E-state index contributed by atoms with van der Waals surface area (Å²) in [7, 11) is 0. The number of benzene rings is 1. The normalized spacial score (nSPS) is 16.3. The van der Waals surface area contributed by atoms with Gasteiger partial charge in [-0.15, -0.1) is 0 Å². The van der Waals surface area contributed by atoms with Crippen molar-refractivity contribution in [3.63, 3.8) is 0 Å². The van der Waals surface area contributed by atoms with Crippen LogP contribution in [-0.2, 0) is 6.54 Å². The van der Waals surface area contributed by atoms with E-state index in [4.69, 9.17) is 0 Å². The van der Waals surface area contributed by atoms with Crippen molar-refractivity contribution in [1.82, 2.24) is 24.8 Å². The minimum absolute atomic E-state index is 0.880. The van der Waals surface area contributed by atoms with Crippen molar-refractivity contribution in [2.45, 2.75) is 6.54 Å². The van der Waals surface area contributed by atoms with E-state index in [1.165, 1.54) is 0 Å². The lowest BCUT2D eigenvalue weighted by molar-refractivity contribution is 0.244. The monoisotopic (exact) mass is 294 g/mol. The van der Waals surface area contributed by atoms with Crippen molar-refractivity contribution in [3.05, 3.63) is 48.8 Å². The molecule has 1 saturated heterocycles. The highest BCUT2D eigenvalue weighted by Crippen LogP contribution is 2.23. The van der Waals surface area contributed by atoms with Crippen LogP contribution in [0.3, 0.4) is 0 Å². The molecule has 2 aromatic heterocycles. The summed E-state index contributed by atoms with van der Waals surface area (Å²) in [4.78, 5) is 21.1. The highest BCUT2D eigenvalue weighted by Gasteiger charge is 2.20. The number of imidazole rings is 1. The number of nitrogens with zero attached hydrogens (tertiary/aromatic N) is 5. The predicted octanol–water partition coefficient (Wildman–Crippen LogP) is 1.68. The Kier molecular flexibility index (Phi) is 3.44. The fraction of sp³-hybridized carbons (Fsp3) is 0.312. The number of hydrogen-bond acceptors (Lipinski definition) is 5. The zero-order valence-electron chi connectivity index (χ0n) is 12.3. The SMILES string of the molecule is c1ccc2c(N3CCN(Cc4ncc[nH]4)CC3)ncnc2c1. The van der Waals surface area contributed by atoms with Crippen LogP contribution < -0.4 is 4.90 Å². The summed E-state index contributed by atoms with van der Waals surface area (Å²) < 4.78 is 0. The zero-order valence-corrected chi connectivity index (χ0v) is 12.3. The van der Waals surface area contributed by atoms with Gasteiger partial charge in [0.2, 0.25) is 0 Å². The Hall–Kier alpha value is -2.47. The van der Waals surface area contributed by atoms with E-state index < -0.39 is 0 Å². The van der Waals surface area contributed by atoms with Crippen LogP contribution in [-0.4, -0.2) is 51.0 Å². The second-order valence-electron chi connectivity index (χ2n) is 5.51. The van der Waals surface area contributed by atoms with E-state index >= 15 is 0 Å². The molecule has 0 aliphatic carbocycles. The van der Waals surface area contributed by atoms with E-state index in [9.17, 15) is 0 Å². The van der Waals surface area contributed by atoms with Crippen LogP contribution in [0.4, 0.5) is 5.82 Å². The fourth-order valence-electron chi connectivity index (χ4n) is 2.96. The lowest BCUT2D eigenvalue weighted by atomic mass is 10.2. The van der Waals surface area contributed by atoms with Crippen LogP contribution in [0.25, 0.3) is 10.9 Å². The first kappa shape index (κ1) is 13.2. The van der Waals surface area contributed by atoms with Crippen LogP contribution in [0.2, 0.25) is 0 Å². The Morgan fingerprint density at radius 3 is 2.68 bits per heavy atom. The number of hydrogen-bond donors (Lipinski definition) is 1. The van der Waals surface area contributed by atoms with E-state index in [2.05, 4.69) is 35.8 Å². The number of anilines is 1. The summed E-state index contributed by atoms with van der Waals surface area (Å²) in [6, 6.07) is 8.19. The van der Waals surface area contributed by atoms with Crippen LogP contribution in [0.15, 0.2) is 43.0 Å². The van der Waals surface area contributed by atoms with Gasteiger partial charge in [-0.05, 0) is 12.1 Å². The minimum atomic E-state index is 0.880. The lowest BCUT2D eigenvalue weighted by Crippen LogP contribution is -2.46. The fourth-order valence-corrected chi connectivity index (χ4v) is 2.96. The molecule has 1 aliphatic rings. The number of fused-ring (bicyclic) bond motifs is 1. The second kappa shape index (κ2) is 5.73. The maximum Gasteiger partial charge on any atom is 0.139 e. The Morgan fingerprint density at radius 1 is 1.00 bits per heavy atom. The Balaban J connectivity index is 1.49. The van der Waals surface area contributed by atoms with Gasteiger partial charge >= 0.3 is 0 Å². The van der Waals surface area contributed by atoms with Crippen molar-refractivity contribution < 1.29 is 0 Å². The van der Waals surface area contributed by atoms with Gasteiger partial charge in [-0.1, -0.05) is 12.1 Å². The first-order valence-corrected chi connectivity index (χ1v) is 7.55. The molecular formula is C16H18N6. The average Bonchev–Trinajstić information content (AvgIpc) is 3.08. The summed E-state index contributed by atoms with van der Waals surface area (Å²) in [6.45, 7) is 4.85. The molecule has 0 radical (unpaired) electrons. The van der Waals surface area contributed by atoms with Crippen molar-refractivity contribution >= 4 is 16.7 Å². The lowest BCUT2D eigenvalue weighted by Gasteiger charge is -2.35. The number of nitrogens with one attached hydrogen (secondary N) is 1. The van der Waals surface area contributed by atoms with Crippen molar-refractivity contribution in [2.75, 3.05) is 31.1 Å². The van der Waals surface area contributed by atoms with Gasteiger partial charge in [0, 0.05) is 44.0 Å². The number of aromatic nitrogens is 4.